The van der Waals surface area contributed by atoms with Gasteiger partial charge in [-0.05, 0) is 31.9 Å². The Morgan fingerprint density at radius 1 is 0.923 bits per heavy atom. The highest BCUT2D eigenvalue weighted by atomic mass is 79.9. The van der Waals surface area contributed by atoms with Crippen molar-refractivity contribution in [2.24, 2.45) is 0 Å². The molecule has 0 fully saturated rings. The Hall–Kier alpha value is -0.0300. The Morgan fingerprint density at radius 3 is 1.77 bits per heavy atom. The molecule has 0 heterocycles. The van der Waals surface area contributed by atoms with Gasteiger partial charge >= 0.3 is 4.83 Å². The zero-order valence-corrected chi connectivity index (χ0v) is 9.45. The van der Waals surface area contributed by atoms with Crippen molar-refractivity contribution in [1.29, 1.82) is 0 Å². The maximum Gasteiger partial charge on any atom is 0.348 e. The maximum atomic E-state index is 13.4. The number of alkyl halides is 5. The normalized spacial score (nSPS) is 16.7. The Balaban J connectivity index is 3.08. The van der Waals surface area contributed by atoms with E-state index in [1.807, 2.05) is 15.9 Å². The first kappa shape index (κ1) is 11.0. The van der Waals surface area contributed by atoms with Crippen molar-refractivity contribution in [3.8, 4) is 0 Å². The van der Waals surface area contributed by atoms with E-state index in [9.17, 15) is 13.2 Å². The predicted octanol–water partition coefficient (Wildman–Crippen LogP) is 4.19. The summed E-state index contributed by atoms with van der Waals surface area (Å²) in [5, 5.41) is 0. The largest absolute Gasteiger partial charge is 0.348 e. The molecule has 0 spiro atoms. The minimum Gasteiger partial charge on any atom is -0.218 e. The van der Waals surface area contributed by atoms with E-state index in [0.29, 0.717) is 0 Å². The van der Waals surface area contributed by atoms with Gasteiger partial charge < -0.3 is 0 Å². The molecule has 0 aliphatic carbocycles. The highest BCUT2D eigenvalue weighted by Crippen LogP contribution is 2.49. The molecule has 0 N–H and O–H groups in total. The molecule has 1 aromatic carbocycles. The van der Waals surface area contributed by atoms with Crippen molar-refractivity contribution in [2.45, 2.75) is 9.41 Å². The third-order valence-corrected chi connectivity index (χ3v) is 3.53. The molecule has 0 saturated heterocycles. The molecular formula is C8H5Br2F3. The van der Waals surface area contributed by atoms with Crippen LogP contribution in [0.3, 0.4) is 0 Å². The van der Waals surface area contributed by atoms with Crippen molar-refractivity contribution >= 4 is 31.9 Å². The van der Waals surface area contributed by atoms with E-state index in [4.69, 9.17) is 0 Å². The summed E-state index contributed by atoms with van der Waals surface area (Å²) in [5.41, 5.74) is -0.128. The summed E-state index contributed by atoms with van der Waals surface area (Å²) in [6.07, 6.45) is 0. The number of benzene rings is 1. The highest BCUT2D eigenvalue weighted by molar-refractivity contribution is 9.12. The molecule has 0 radical (unpaired) electrons. The molecule has 5 heteroatoms. The summed E-state index contributed by atoms with van der Waals surface area (Å²) in [6.45, 7) is 0. The second-order valence-electron chi connectivity index (χ2n) is 2.44. The fraction of sp³-hybridized carbons (Fsp3) is 0.250. The first-order valence-electron chi connectivity index (χ1n) is 3.36. The van der Waals surface area contributed by atoms with Crippen LogP contribution in [0.2, 0.25) is 0 Å². The Labute approximate surface area is 90.4 Å². The lowest BCUT2D eigenvalue weighted by molar-refractivity contribution is 0.00241. The molecule has 0 nitrogen and oxygen atoms in total. The third-order valence-electron chi connectivity index (χ3n) is 1.49. The second kappa shape index (κ2) is 3.61. The molecular weight excluding hydrogens is 313 g/mol. The van der Waals surface area contributed by atoms with Crippen LogP contribution in [0.15, 0.2) is 30.3 Å². The zero-order valence-electron chi connectivity index (χ0n) is 6.28. The van der Waals surface area contributed by atoms with Gasteiger partial charge in [0.2, 0.25) is 0 Å². The van der Waals surface area contributed by atoms with Crippen LogP contribution in [0.25, 0.3) is 0 Å². The van der Waals surface area contributed by atoms with E-state index in [-0.39, 0.29) is 5.56 Å². The summed E-state index contributed by atoms with van der Waals surface area (Å²) < 4.78 is 35.9. The minimum atomic E-state index is -3.64. The highest BCUT2D eigenvalue weighted by Gasteiger charge is 2.52. The molecule has 13 heavy (non-hydrogen) atoms. The number of hydrogen-bond acceptors (Lipinski definition) is 0. The van der Waals surface area contributed by atoms with Gasteiger partial charge in [-0.25, -0.2) is 4.39 Å². The Kier molecular flexibility index (Phi) is 3.07. The quantitative estimate of drug-likeness (QED) is 0.717. The van der Waals surface area contributed by atoms with Gasteiger partial charge in [-0.1, -0.05) is 30.3 Å². The third kappa shape index (κ3) is 2.26. The topological polar surface area (TPSA) is 0 Å². The summed E-state index contributed by atoms with van der Waals surface area (Å²) in [6, 6.07) is 7.17. The number of hydrogen-bond donors (Lipinski definition) is 0. The van der Waals surface area contributed by atoms with Crippen LogP contribution >= 0.6 is 31.9 Å². The van der Waals surface area contributed by atoms with Crippen molar-refractivity contribution in [3.05, 3.63) is 35.9 Å². The van der Waals surface area contributed by atoms with Gasteiger partial charge in [-0.15, -0.1) is 0 Å². The lowest BCUT2D eigenvalue weighted by Gasteiger charge is -2.23. The van der Waals surface area contributed by atoms with Crippen LogP contribution in [-0.4, -0.2) is 4.83 Å². The number of halogens is 5. The summed E-state index contributed by atoms with van der Waals surface area (Å²) >= 11 is 4.33. The van der Waals surface area contributed by atoms with Crippen molar-refractivity contribution < 1.29 is 13.2 Å². The standard InChI is InChI=1S/C8H5Br2F3/c9-7(11,8(10,12)13)6-4-2-1-3-5-6/h1-5H/t7-/m1/s1. The van der Waals surface area contributed by atoms with E-state index in [1.165, 1.54) is 24.3 Å². The SMILES string of the molecule is FC(F)(Br)[C@@](F)(Br)c1ccccc1. The van der Waals surface area contributed by atoms with Gasteiger partial charge in [-0.2, -0.15) is 8.78 Å². The van der Waals surface area contributed by atoms with Gasteiger partial charge in [0, 0.05) is 5.56 Å². The lowest BCUT2D eigenvalue weighted by Crippen LogP contribution is -2.30. The monoisotopic (exact) mass is 316 g/mol. The van der Waals surface area contributed by atoms with E-state index in [1.54, 1.807) is 6.07 Å². The average molecular weight is 318 g/mol. The lowest BCUT2D eigenvalue weighted by atomic mass is 10.1. The summed E-state index contributed by atoms with van der Waals surface area (Å²) in [5.74, 6) is 0. The van der Waals surface area contributed by atoms with Gasteiger partial charge in [-0.3, -0.25) is 0 Å². The first-order valence-corrected chi connectivity index (χ1v) is 4.94. The predicted molar refractivity (Wildman–Crippen MR) is 52.0 cm³/mol. The smallest absolute Gasteiger partial charge is 0.218 e. The van der Waals surface area contributed by atoms with Crippen LogP contribution in [0.5, 0.6) is 0 Å². The van der Waals surface area contributed by atoms with E-state index < -0.39 is 9.41 Å². The molecule has 0 unspecified atom stereocenters. The van der Waals surface area contributed by atoms with E-state index in [0.717, 1.165) is 0 Å². The molecule has 0 aliphatic rings. The van der Waals surface area contributed by atoms with Crippen LogP contribution in [0.4, 0.5) is 13.2 Å². The molecule has 0 saturated carbocycles. The van der Waals surface area contributed by atoms with Gasteiger partial charge in [0.1, 0.15) is 0 Å². The van der Waals surface area contributed by atoms with Crippen LogP contribution in [0, 0.1) is 0 Å². The van der Waals surface area contributed by atoms with Crippen molar-refractivity contribution in [1.82, 2.24) is 0 Å². The van der Waals surface area contributed by atoms with Gasteiger partial charge in [0.25, 0.3) is 4.58 Å². The number of rotatable bonds is 2. The van der Waals surface area contributed by atoms with Gasteiger partial charge in [0.15, 0.2) is 0 Å². The molecule has 1 rings (SSSR count). The fourth-order valence-corrected chi connectivity index (χ4v) is 1.30. The molecule has 1 aromatic rings. The molecule has 1 atom stereocenters. The molecule has 0 bridgehead atoms. The minimum absolute atomic E-state index is 0.128. The molecule has 0 aliphatic heterocycles. The molecule has 72 valence electrons. The molecule has 0 amide bonds. The Morgan fingerprint density at radius 2 is 1.38 bits per heavy atom. The second-order valence-corrected chi connectivity index (χ2v) is 4.53. The fourth-order valence-electron chi connectivity index (χ4n) is 0.811. The van der Waals surface area contributed by atoms with Crippen molar-refractivity contribution in [2.75, 3.05) is 0 Å². The van der Waals surface area contributed by atoms with E-state index >= 15 is 0 Å². The van der Waals surface area contributed by atoms with Gasteiger partial charge in [0.05, 0.1) is 0 Å². The summed E-state index contributed by atoms with van der Waals surface area (Å²) in [4.78, 5) is -3.64. The average Bonchev–Trinajstić information content (AvgIpc) is 2.04. The van der Waals surface area contributed by atoms with Crippen molar-refractivity contribution in [3.63, 3.8) is 0 Å². The molecule has 0 aromatic heterocycles. The van der Waals surface area contributed by atoms with Crippen LogP contribution in [0.1, 0.15) is 5.56 Å². The zero-order chi connectivity index (χ0) is 10.1. The van der Waals surface area contributed by atoms with E-state index in [2.05, 4.69) is 15.9 Å². The van der Waals surface area contributed by atoms with Crippen LogP contribution in [-0.2, 0) is 4.58 Å². The first-order chi connectivity index (χ1) is 5.86. The maximum absolute atomic E-state index is 13.4. The summed E-state index contributed by atoms with van der Waals surface area (Å²) in [7, 11) is 0. The van der Waals surface area contributed by atoms with Crippen LogP contribution < -0.4 is 0 Å². The Bertz CT molecular complexity index is 279.